The van der Waals surface area contributed by atoms with Crippen molar-refractivity contribution in [2.24, 2.45) is 0 Å². The molecule has 0 spiro atoms. The lowest BCUT2D eigenvalue weighted by atomic mass is 10.1. The molecule has 2 heterocycles. The van der Waals surface area contributed by atoms with E-state index in [4.69, 9.17) is 4.74 Å². The molecule has 0 unspecified atom stereocenters. The maximum atomic E-state index is 12.6. The molecular formula is C24H25N3O6S. The van der Waals surface area contributed by atoms with Gasteiger partial charge in [-0.2, -0.15) is 4.31 Å². The summed E-state index contributed by atoms with van der Waals surface area (Å²) < 4.78 is 33.0. The van der Waals surface area contributed by atoms with Gasteiger partial charge in [0.15, 0.2) is 12.4 Å². The van der Waals surface area contributed by atoms with Gasteiger partial charge < -0.3 is 4.74 Å². The second-order valence-electron chi connectivity index (χ2n) is 8.18. The summed E-state index contributed by atoms with van der Waals surface area (Å²) in [6.45, 7) is 2.47. The SMILES string of the molecule is Cc1cccc2c(=O)n(CCC(=O)OCC(=O)c3ccc(S(=O)(=O)N4CCCC4)cc3)cnc12. The number of benzene rings is 2. The van der Waals surface area contributed by atoms with Crippen molar-refractivity contribution in [2.45, 2.75) is 37.6 Å². The number of carbonyl (C=O) groups excluding carboxylic acids is 2. The summed E-state index contributed by atoms with van der Waals surface area (Å²) in [4.78, 5) is 41.5. The van der Waals surface area contributed by atoms with Gasteiger partial charge in [-0.3, -0.25) is 19.0 Å². The van der Waals surface area contributed by atoms with Crippen LogP contribution in [0.4, 0.5) is 0 Å². The Bertz CT molecular complexity index is 1390. The summed E-state index contributed by atoms with van der Waals surface area (Å²) in [7, 11) is -3.56. The van der Waals surface area contributed by atoms with E-state index in [1.807, 2.05) is 13.0 Å². The van der Waals surface area contributed by atoms with Crippen molar-refractivity contribution in [1.82, 2.24) is 13.9 Å². The Balaban J connectivity index is 1.32. The van der Waals surface area contributed by atoms with Gasteiger partial charge in [-0.15, -0.1) is 0 Å². The zero-order valence-corrected chi connectivity index (χ0v) is 19.6. The number of aryl methyl sites for hydroxylation is 2. The number of Topliss-reactive ketones (excluding diaryl/α,β-unsaturated/α-hetero) is 1. The average molecular weight is 484 g/mol. The molecule has 9 nitrogen and oxygen atoms in total. The summed E-state index contributed by atoms with van der Waals surface area (Å²) in [5.74, 6) is -1.07. The average Bonchev–Trinajstić information content (AvgIpc) is 3.39. The molecule has 1 aromatic heterocycles. The summed E-state index contributed by atoms with van der Waals surface area (Å²) in [5, 5.41) is 0.473. The van der Waals surface area contributed by atoms with Crippen molar-refractivity contribution >= 4 is 32.7 Å². The lowest BCUT2D eigenvalue weighted by molar-refractivity contribution is -0.142. The first-order valence-electron chi connectivity index (χ1n) is 11.0. The minimum absolute atomic E-state index is 0.0752. The predicted molar refractivity (Wildman–Crippen MR) is 125 cm³/mol. The summed E-state index contributed by atoms with van der Waals surface area (Å²) in [5.41, 5.74) is 1.51. The molecule has 0 atom stereocenters. The zero-order valence-electron chi connectivity index (χ0n) is 18.8. The van der Waals surface area contributed by atoms with Crippen LogP contribution in [0, 0.1) is 6.92 Å². The van der Waals surface area contributed by atoms with Crippen molar-refractivity contribution in [3.05, 3.63) is 70.3 Å². The van der Waals surface area contributed by atoms with Crippen LogP contribution in [0.1, 0.15) is 35.2 Å². The molecule has 178 valence electrons. The van der Waals surface area contributed by atoms with Gasteiger partial charge in [0.1, 0.15) is 0 Å². The highest BCUT2D eigenvalue weighted by molar-refractivity contribution is 7.89. The Hall–Kier alpha value is -3.37. The van der Waals surface area contributed by atoms with Crippen molar-refractivity contribution in [2.75, 3.05) is 19.7 Å². The summed E-state index contributed by atoms with van der Waals surface area (Å²) in [6, 6.07) is 11.0. The number of hydrogen-bond donors (Lipinski definition) is 0. The number of aromatic nitrogens is 2. The Labute approximate surface area is 197 Å². The van der Waals surface area contributed by atoms with E-state index in [0.29, 0.717) is 24.0 Å². The second-order valence-corrected chi connectivity index (χ2v) is 10.1. The molecule has 1 aliphatic rings. The number of ketones is 1. The van der Waals surface area contributed by atoms with Crippen molar-refractivity contribution < 1.29 is 22.7 Å². The first kappa shape index (κ1) is 23.8. The first-order valence-corrected chi connectivity index (χ1v) is 12.5. The quantitative estimate of drug-likeness (QED) is 0.357. The van der Waals surface area contributed by atoms with Crippen LogP contribution in [-0.4, -0.2) is 53.7 Å². The van der Waals surface area contributed by atoms with Crippen LogP contribution in [0.25, 0.3) is 10.9 Å². The highest BCUT2D eigenvalue weighted by Gasteiger charge is 2.27. The number of nitrogens with zero attached hydrogens (tertiary/aromatic N) is 3. The third kappa shape index (κ3) is 4.92. The Kier molecular flexibility index (Phi) is 6.90. The molecule has 0 saturated carbocycles. The highest BCUT2D eigenvalue weighted by atomic mass is 32.2. The number of fused-ring (bicyclic) bond motifs is 1. The molecule has 1 fully saturated rings. The minimum atomic E-state index is -3.56. The third-order valence-electron chi connectivity index (χ3n) is 5.86. The van der Waals surface area contributed by atoms with E-state index in [9.17, 15) is 22.8 Å². The van der Waals surface area contributed by atoms with Gasteiger partial charge in [-0.1, -0.05) is 12.1 Å². The molecule has 34 heavy (non-hydrogen) atoms. The van der Waals surface area contributed by atoms with Gasteiger partial charge in [0.2, 0.25) is 10.0 Å². The van der Waals surface area contributed by atoms with E-state index in [-0.39, 0.29) is 29.0 Å². The molecule has 3 aromatic rings. The van der Waals surface area contributed by atoms with Crippen LogP contribution in [0.3, 0.4) is 0 Å². The van der Waals surface area contributed by atoms with Crippen LogP contribution < -0.4 is 5.56 Å². The van der Waals surface area contributed by atoms with Crippen molar-refractivity contribution in [3.63, 3.8) is 0 Å². The molecule has 2 aromatic carbocycles. The van der Waals surface area contributed by atoms with Gasteiger partial charge in [-0.05, 0) is 55.7 Å². The lowest BCUT2D eigenvalue weighted by Gasteiger charge is -2.15. The Morgan fingerprint density at radius 2 is 1.76 bits per heavy atom. The van der Waals surface area contributed by atoms with Crippen LogP contribution in [-0.2, 0) is 26.1 Å². The maximum absolute atomic E-state index is 12.6. The highest BCUT2D eigenvalue weighted by Crippen LogP contribution is 2.21. The number of hydrogen-bond acceptors (Lipinski definition) is 7. The molecule has 1 aliphatic heterocycles. The standard InChI is InChI=1S/C24H25N3O6S/c1-17-5-4-6-20-23(17)25-16-26(24(20)30)14-11-22(29)33-15-21(28)18-7-9-19(10-8-18)34(31,32)27-12-2-3-13-27/h4-10,16H,2-3,11-15H2,1H3. The first-order chi connectivity index (χ1) is 16.3. The van der Waals surface area contributed by atoms with Gasteiger partial charge in [0, 0.05) is 25.2 Å². The lowest BCUT2D eigenvalue weighted by Crippen LogP contribution is -2.27. The van der Waals surface area contributed by atoms with Crippen LogP contribution in [0.2, 0.25) is 0 Å². The molecule has 1 saturated heterocycles. The number of para-hydroxylation sites is 1. The monoisotopic (exact) mass is 483 g/mol. The third-order valence-corrected chi connectivity index (χ3v) is 7.77. The largest absolute Gasteiger partial charge is 0.457 e. The Morgan fingerprint density at radius 3 is 2.47 bits per heavy atom. The fourth-order valence-electron chi connectivity index (χ4n) is 3.90. The maximum Gasteiger partial charge on any atom is 0.308 e. The van der Waals surface area contributed by atoms with E-state index in [1.54, 1.807) is 12.1 Å². The van der Waals surface area contributed by atoms with Crippen molar-refractivity contribution in [3.8, 4) is 0 Å². The second kappa shape index (κ2) is 9.86. The number of ether oxygens (including phenoxy) is 1. The molecule has 0 radical (unpaired) electrons. The molecule has 0 aliphatic carbocycles. The van der Waals surface area contributed by atoms with Gasteiger partial charge in [-0.25, -0.2) is 13.4 Å². The smallest absolute Gasteiger partial charge is 0.308 e. The van der Waals surface area contributed by atoms with Gasteiger partial charge in [0.05, 0.1) is 28.5 Å². The number of esters is 1. The normalized spacial score (nSPS) is 14.4. The minimum Gasteiger partial charge on any atom is -0.457 e. The summed E-state index contributed by atoms with van der Waals surface area (Å²) in [6.07, 6.45) is 2.98. The fraction of sp³-hybridized carbons (Fsp3) is 0.333. The number of rotatable bonds is 8. The van der Waals surface area contributed by atoms with Gasteiger partial charge in [0.25, 0.3) is 5.56 Å². The van der Waals surface area contributed by atoms with E-state index >= 15 is 0 Å². The molecule has 10 heteroatoms. The molecule has 0 amide bonds. The van der Waals surface area contributed by atoms with Gasteiger partial charge >= 0.3 is 5.97 Å². The number of carbonyl (C=O) groups is 2. The van der Waals surface area contributed by atoms with E-state index in [0.717, 1.165) is 18.4 Å². The molecule has 0 bridgehead atoms. The van der Waals surface area contributed by atoms with Crippen LogP contribution in [0.15, 0.2) is 58.5 Å². The summed E-state index contributed by atoms with van der Waals surface area (Å²) >= 11 is 0. The Morgan fingerprint density at radius 1 is 1.06 bits per heavy atom. The van der Waals surface area contributed by atoms with E-state index < -0.39 is 28.4 Å². The molecular weight excluding hydrogens is 458 g/mol. The predicted octanol–water partition coefficient (Wildman–Crippen LogP) is 2.31. The molecule has 0 N–H and O–H groups in total. The van der Waals surface area contributed by atoms with E-state index in [2.05, 4.69) is 4.98 Å². The molecule has 4 rings (SSSR count). The van der Waals surface area contributed by atoms with Crippen LogP contribution in [0.5, 0.6) is 0 Å². The van der Waals surface area contributed by atoms with Crippen LogP contribution >= 0.6 is 0 Å². The topological polar surface area (TPSA) is 116 Å². The van der Waals surface area contributed by atoms with Crippen molar-refractivity contribution in [1.29, 1.82) is 0 Å². The number of sulfonamides is 1. The fourth-order valence-corrected chi connectivity index (χ4v) is 5.42. The zero-order chi connectivity index (χ0) is 24.3. The van der Waals surface area contributed by atoms with E-state index in [1.165, 1.54) is 39.5 Å².